The Morgan fingerprint density at radius 1 is 1.38 bits per heavy atom. The minimum absolute atomic E-state index is 0.0891. The maximum absolute atomic E-state index is 9.34. The van der Waals surface area contributed by atoms with Crippen molar-refractivity contribution >= 4 is 5.69 Å². The van der Waals surface area contributed by atoms with Gasteiger partial charge in [-0.3, -0.25) is 0 Å². The number of aromatic nitrogens is 2. The monoisotopic (exact) mass is 175 g/mol. The normalized spacial score (nSPS) is 10.2. The van der Waals surface area contributed by atoms with Crippen molar-refractivity contribution in [1.29, 1.82) is 0 Å². The number of nitrogen functional groups attached to an aromatic ring is 1. The second-order valence-electron chi connectivity index (χ2n) is 2.68. The van der Waals surface area contributed by atoms with E-state index in [1.807, 2.05) is 6.07 Å². The van der Waals surface area contributed by atoms with Crippen molar-refractivity contribution < 1.29 is 5.11 Å². The van der Waals surface area contributed by atoms with Crippen LogP contribution in [0.2, 0.25) is 0 Å². The van der Waals surface area contributed by atoms with Crippen molar-refractivity contribution in [1.82, 2.24) is 9.55 Å². The Labute approximate surface area is 75.3 Å². The highest BCUT2D eigenvalue weighted by Crippen LogP contribution is 2.26. The van der Waals surface area contributed by atoms with E-state index in [0.29, 0.717) is 5.69 Å². The molecule has 0 radical (unpaired) electrons. The maximum Gasteiger partial charge on any atom is 0.140 e. The molecule has 2 aromatic rings. The SMILES string of the molecule is Nc1c(O)cccc1-n1ccnc1. The summed E-state index contributed by atoms with van der Waals surface area (Å²) < 4.78 is 1.75. The van der Waals surface area contributed by atoms with Crippen LogP contribution in [0.3, 0.4) is 0 Å². The van der Waals surface area contributed by atoms with Gasteiger partial charge >= 0.3 is 0 Å². The zero-order valence-electron chi connectivity index (χ0n) is 6.88. The minimum Gasteiger partial charge on any atom is -0.506 e. The molecule has 0 saturated heterocycles. The first-order valence-corrected chi connectivity index (χ1v) is 3.85. The van der Waals surface area contributed by atoms with E-state index in [1.54, 1.807) is 35.4 Å². The zero-order chi connectivity index (χ0) is 9.26. The van der Waals surface area contributed by atoms with Crippen LogP contribution in [0.15, 0.2) is 36.9 Å². The van der Waals surface area contributed by atoms with Gasteiger partial charge in [-0.15, -0.1) is 0 Å². The van der Waals surface area contributed by atoms with Crippen LogP contribution >= 0.6 is 0 Å². The Morgan fingerprint density at radius 3 is 2.92 bits per heavy atom. The Balaban J connectivity index is 2.59. The lowest BCUT2D eigenvalue weighted by Crippen LogP contribution is -1.97. The molecule has 4 heteroatoms. The number of aromatic hydroxyl groups is 1. The van der Waals surface area contributed by atoms with Crippen molar-refractivity contribution in [3.05, 3.63) is 36.9 Å². The molecule has 0 spiro atoms. The first-order chi connectivity index (χ1) is 6.29. The molecule has 2 rings (SSSR count). The molecule has 4 nitrogen and oxygen atoms in total. The lowest BCUT2D eigenvalue weighted by Gasteiger charge is -2.06. The van der Waals surface area contributed by atoms with E-state index in [2.05, 4.69) is 4.98 Å². The van der Waals surface area contributed by atoms with E-state index in [-0.39, 0.29) is 5.75 Å². The summed E-state index contributed by atoms with van der Waals surface area (Å²) in [4.78, 5) is 3.90. The molecule has 3 N–H and O–H groups in total. The molecular formula is C9H9N3O. The van der Waals surface area contributed by atoms with Gasteiger partial charge in [0.05, 0.1) is 17.7 Å². The van der Waals surface area contributed by atoms with Crippen molar-refractivity contribution in [3.8, 4) is 11.4 Å². The number of para-hydroxylation sites is 1. The standard InChI is InChI=1S/C9H9N3O/c10-9-7(2-1-3-8(9)13)12-5-4-11-6-12/h1-6,13H,10H2. The highest BCUT2D eigenvalue weighted by atomic mass is 16.3. The third-order valence-electron chi connectivity index (χ3n) is 1.84. The van der Waals surface area contributed by atoms with Gasteiger partial charge in [-0.2, -0.15) is 0 Å². The van der Waals surface area contributed by atoms with Gasteiger partial charge in [-0.25, -0.2) is 4.98 Å². The predicted molar refractivity (Wildman–Crippen MR) is 49.6 cm³/mol. The molecular weight excluding hydrogens is 166 g/mol. The van der Waals surface area contributed by atoms with Crippen molar-refractivity contribution in [2.75, 3.05) is 5.73 Å². The number of hydrogen-bond donors (Lipinski definition) is 2. The number of hydrogen-bond acceptors (Lipinski definition) is 3. The predicted octanol–water partition coefficient (Wildman–Crippen LogP) is 1.16. The lowest BCUT2D eigenvalue weighted by atomic mass is 10.2. The zero-order valence-corrected chi connectivity index (χ0v) is 6.88. The summed E-state index contributed by atoms with van der Waals surface area (Å²) in [5.41, 5.74) is 6.77. The number of anilines is 1. The maximum atomic E-state index is 9.34. The molecule has 0 saturated carbocycles. The molecule has 0 fully saturated rings. The van der Waals surface area contributed by atoms with Gasteiger partial charge < -0.3 is 15.4 Å². The van der Waals surface area contributed by atoms with Crippen LogP contribution < -0.4 is 5.73 Å². The van der Waals surface area contributed by atoms with E-state index in [1.165, 1.54) is 0 Å². The highest BCUT2D eigenvalue weighted by molar-refractivity contribution is 5.65. The van der Waals surface area contributed by atoms with Gasteiger partial charge in [0.15, 0.2) is 0 Å². The fourth-order valence-corrected chi connectivity index (χ4v) is 1.17. The summed E-state index contributed by atoms with van der Waals surface area (Å²) >= 11 is 0. The first kappa shape index (κ1) is 7.67. The van der Waals surface area contributed by atoms with E-state index in [4.69, 9.17) is 5.73 Å². The van der Waals surface area contributed by atoms with Crippen LogP contribution in [0.5, 0.6) is 5.75 Å². The number of nitrogens with two attached hydrogens (primary N) is 1. The quantitative estimate of drug-likeness (QED) is 0.505. The second-order valence-corrected chi connectivity index (χ2v) is 2.68. The molecule has 0 atom stereocenters. The molecule has 1 heterocycles. The fourth-order valence-electron chi connectivity index (χ4n) is 1.17. The number of phenols is 1. The molecule has 1 aromatic carbocycles. The minimum atomic E-state index is 0.0891. The molecule has 13 heavy (non-hydrogen) atoms. The van der Waals surface area contributed by atoms with Crippen LogP contribution in [0, 0.1) is 0 Å². The molecule has 0 bridgehead atoms. The first-order valence-electron chi connectivity index (χ1n) is 3.85. The Hall–Kier alpha value is -1.97. The number of phenolic OH excluding ortho intramolecular Hbond substituents is 1. The van der Waals surface area contributed by atoms with E-state index >= 15 is 0 Å². The van der Waals surface area contributed by atoms with Gasteiger partial charge in [0.1, 0.15) is 5.75 Å². The van der Waals surface area contributed by atoms with E-state index in [0.717, 1.165) is 5.69 Å². The number of nitrogens with zero attached hydrogens (tertiary/aromatic N) is 2. The fraction of sp³-hybridized carbons (Fsp3) is 0. The number of imidazole rings is 1. The lowest BCUT2D eigenvalue weighted by molar-refractivity contribution is 0.478. The average Bonchev–Trinajstić information content (AvgIpc) is 2.62. The van der Waals surface area contributed by atoms with Crippen molar-refractivity contribution in [3.63, 3.8) is 0 Å². The van der Waals surface area contributed by atoms with E-state index < -0.39 is 0 Å². The molecule has 0 aliphatic carbocycles. The molecule has 0 aliphatic rings. The largest absolute Gasteiger partial charge is 0.506 e. The summed E-state index contributed by atoms with van der Waals surface area (Å²) in [6, 6.07) is 5.10. The van der Waals surface area contributed by atoms with Crippen LogP contribution in [-0.2, 0) is 0 Å². The second kappa shape index (κ2) is 2.82. The molecule has 0 aliphatic heterocycles. The van der Waals surface area contributed by atoms with Gasteiger partial charge in [-0.1, -0.05) is 6.07 Å². The topological polar surface area (TPSA) is 64.1 Å². The van der Waals surface area contributed by atoms with Gasteiger partial charge in [-0.05, 0) is 12.1 Å². The third kappa shape index (κ3) is 1.22. The van der Waals surface area contributed by atoms with Crippen LogP contribution in [0.1, 0.15) is 0 Å². The Bertz CT molecular complexity index is 409. The molecule has 66 valence electrons. The van der Waals surface area contributed by atoms with Crippen LogP contribution in [-0.4, -0.2) is 14.7 Å². The van der Waals surface area contributed by atoms with Crippen molar-refractivity contribution in [2.45, 2.75) is 0 Å². The highest BCUT2D eigenvalue weighted by Gasteiger charge is 2.03. The Morgan fingerprint density at radius 2 is 2.23 bits per heavy atom. The summed E-state index contributed by atoms with van der Waals surface area (Å²) in [5.74, 6) is 0.0891. The summed E-state index contributed by atoms with van der Waals surface area (Å²) in [6.45, 7) is 0. The smallest absolute Gasteiger partial charge is 0.140 e. The molecule has 0 unspecified atom stereocenters. The number of benzene rings is 1. The Kier molecular flexibility index (Phi) is 1.66. The van der Waals surface area contributed by atoms with Gasteiger partial charge in [0.25, 0.3) is 0 Å². The van der Waals surface area contributed by atoms with Gasteiger partial charge in [0.2, 0.25) is 0 Å². The van der Waals surface area contributed by atoms with Crippen LogP contribution in [0.4, 0.5) is 5.69 Å². The molecule has 1 aromatic heterocycles. The summed E-state index contributed by atoms with van der Waals surface area (Å²) in [5, 5.41) is 9.34. The summed E-state index contributed by atoms with van der Waals surface area (Å²) in [7, 11) is 0. The average molecular weight is 175 g/mol. The van der Waals surface area contributed by atoms with Crippen LogP contribution in [0.25, 0.3) is 5.69 Å². The third-order valence-corrected chi connectivity index (χ3v) is 1.84. The van der Waals surface area contributed by atoms with E-state index in [9.17, 15) is 5.11 Å². The summed E-state index contributed by atoms with van der Waals surface area (Å²) in [6.07, 6.45) is 5.06. The van der Waals surface area contributed by atoms with Gasteiger partial charge in [0, 0.05) is 12.4 Å². The van der Waals surface area contributed by atoms with Crippen molar-refractivity contribution in [2.24, 2.45) is 0 Å². The number of rotatable bonds is 1. The molecule has 0 amide bonds.